The molecular formula is C4H11N7. The molecule has 7 nitrogen and oxygen atoms in total. The van der Waals surface area contributed by atoms with Crippen LogP contribution in [-0.4, -0.2) is 22.0 Å². The molecule has 1 aromatic heterocycles. The van der Waals surface area contributed by atoms with Crippen molar-refractivity contribution in [2.75, 3.05) is 24.2 Å². The number of rotatable bonds is 0. The number of anilines is 3. The molecule has 1 heterocycles. The van der Waals surface area contributed by atoms with E-state index in [2.05, 4.69) is 20.7 Å². The van der Waals surface area contributed by atoms with Gasteiger partial charge in [-0.3, -0.25) is 0 Å². The van der Waals surface area contributed by atoms with Crippen LogP contribution < -0.4 is 22.9 Å². The molecule has 1 rings (SSSR count). The third kappa shape index (κ3) is 3.16. The van der Waals surface area contributed by atoms with Crippen LogP contribution in [0, 0.1) is 0 Å². The highest BCUT2D eigenvalue weighted by molar-refractivity contribution is 5.33. The largest absolute Gasteiger partial charge is 0.368 e. The van der Waals surface area contributed by atoms with Crippen molar-refractivity contribution in [3.63, 3.8) is 0 Å². The van der Waals surface area contributed by atoms with Crippen LogP contribution in [0.15, 0.2) is 0 Å². The summed E-state index contributed by atoms with van der Waals surface area (Å²) in [5, 5.41) is 0. The van der Waals surface area contributed by atoms with Crippen molar-refractivity contribution >= 4 is 17.8 Å². The van der Waals surface area contributed by atoms with Crippen molar-refractivity contribution < 1.29 is 0 Å². The summed E-state index contributed by atoms with van der Waals surface area (Å²) in [6, 6.07) is 0. The average Bonchev–Trinajstić information content (AvgIpc) is 1.88. The summed E-state index contributed by atoms with van der Waals surface area (Å²) in [4.78, 5) is 10.5. The van der Waals surface area contributed by atoms with Crippen LogP contribution in [0.5, 0.6) is 0 Å². The molecule has 0 atom stereocenters. The van der Waals surface area contributed by atoms with Gasteiger partial charge in [-0.1, -0.05) is 0 Å². The number of nitrogens with zero attached hydrogens (tertiary/aromatic N) is 3. The van der Waals surface area contributed by atoms with Gasteiger partial charge < -0.3 is 22.9 Å². The lowest BCUT2D eigenvalue weighted by Crippen LogP contribution is -2.05. The smallest absolute Gasteiger partial charge is 0.226 e. The van der Waals surface area contributed by atoms with E-state index in [0.29, 0.717) is 0 Å². The second kappa shape index (κ2) is 4.23. The number of nitrogen functional groups attached to an aromatic ring is 3. The Balaban J connectivity index is 0.000000461. The molecule has 7 heteroatoms. The quantitative estimate of drug-likeness (QED) is 0.347. The van der Waals surface area contributed by atoms with Gasteiger partial charge in [0.1, 0.15) is 0 Å². The molecule has 0 saturated carbocycles. The zero-order chi connectivity index (χ0) is 8.85. The van der Waals surface area contributed by atoms with Crippen molar-refractivity contribution in [1.82, 2.24) is 15.0 Å². The second-order valence-electron chi connectivity index (χ2n) is 1.41. The van der Waals surface area contributed by atoms with E-state index in [0.717, 1.165) is 0 Å². The van der Waals surface area contributed by atoms with Crippen molar-refractivity contribution in [2.24, 2.45) is 5.73 Å². The summed E-state index contributed by atoms with van der Waals surface area (Å²) in [5.41, 5.74) is 19.9. The van der Waals surface area contributed by atoms with E-state index >= 15 is 0 Å². The SMILES string of the molecule is CN.Nc1nc(N)nc(N)n1. The van der Waals surface area contributed by atoms with Gasteiger partial charge in [-0.05, 0) is 7.05 Å². The first-order valence-corrected chi connectivity index (χ1v) is 2.79. The van der Waals surface area contributed by atoms with Crippen molar-refractivity contribution in [2.45, 2.75) is 0 Å². The van der Waals surface area contributed by atoms with Gasteiger partial charge in [0.15, 0.2) is 0 Å². The van der Waals surface area contributed by atoms with E-state index in [1.165, 1.54) is 7.05 Å². The molecule has 0 amide bonds. The van der Waals surface area contributed by atoms with Gasteiger partial charge in [-0.2, -0.15) is 15.0 Å². The fraction of sp³-hybridized carbons (Fsp3) is 0.250. The third-order valence-corrected chi connectivity index (χ3v) is 0.687. The Kier molecular flexibility index (Phi) is 3.60. The van der Waals surface area contributed by atoms with Crippen LogP contribution in [0.25, 0.3) is 0 Å². The lowest BCUT2D eigenvalue weighted by atomic mass is 10.9. The first-order valence-electron chi connectivity index (χ1n) is 2.79. The second-order valence-corrected chi connectivity index (χ2v) is 1.41. The van der Waals surface area contributed by atoms with Crippen molar-refractivity contribution in [1.29, 1.82) is 0 Å². The van der Waals surface area contributed by atoms with Crippen LogP contribution in [0.4, 0.5) is 17.8 Å². The van der Waals surface area contributed by atoms with Crippen LogP contribution >= 0.6 is 0 Å². The van der Waals surface area contributed by atoms with Crippen LogP contribution in [0.3, 0.4) is 0 Å². The molecular weight excluding hydrogens is 146 g/mol. The maximum atomic E-state index is 5.14. The van der Waals surface area contributed by atoms with Crippen molar-refractivity contribution in [3.05, 3.63) is 0 Å². The Morgan fingerprint density at radius 3 is 1.09 bits per heavy atom. The molecule has 1 aromatic rings. The number of nitrogens with two attached hydrogens (primary N) is 4. The van der Waals surface area contributed by atoms with Crippen LogP contribution in [0.1, 0.15) is 0 Å². The summed E-state index contributed by atoms with van der Waals surface area (Å²) >= 11 is 0. The van der Waals surface area contributed by atoms with E-state index in [-0.39, 0.29) is 17.8 Å². The number of hydrogen-bond acceptors (Lipinski definition) is 7. The summed E-state index contributed by atoms with van der Waals surface area (Å²) in [7, 11) is 1.50. The van der Waals surface area contributed by atoms with Gasteiger partial charge >= 0.3 is 0 Å². The minimum Gasteiger partial charge on any atom is -0.368 e. The predicted molar refractivity (Wildman–Crippen MR) is 43.2 cm³/mol. The van der Waals surface area contributed by atoms with Gasteiger partial charge in [0, 0.05) is 0 Å². The van der Waals surface area contributed by atoms with E-state index in [1.807, 2.05) is 0 Å². The lowest BCUT2D eigenvalue weighted by Gasteiger charge is -1.93. The molecule has 0 aliphatic rings. The highest BCUT2D eigenvalue weighted by atomic mass is 15.2. The predicted octanol–water partition coefficient (Wildman–Crippen LogP) is -1.81. The highest BCUT2D eigenvalue weighted by Crippen LogP contribution is 1.97. The lowest BCUT2D eigenvalue weighted by molar-refractivity contribution is 1.09. The Morgan fingerprint density at radius 2 is 0.909 bits per heavy atom. The third-order valence-electron chi connectivity index (χ3n) is 0.687. The zero-order valence-electron chi connectivity index (χ0n) is 6.15. The van der Waals surface area contributed by atoms with Crippen LogP contribution in [-0.2, 0) is 0 Å². The zero-order valence-corrected chi connectivity index (χ0v) is 6.15. The summed E-state index contributed by atoms with van der Waals surface area (Å²) in [6.45, 7) is 0. The van der Waals surface area contributed by atoms with Crippen LogP contribution in [0.2, 0.25) is 0 Å². The van der Waals surface area contributed by atoms with E-state index < -0.39 is 0 Å². The molecule has 0 spiro atoms. The molecule has 0 radical (unpaired) electrons. The first kappa shape index (κ1) is 9.37. The summed E-state index contributed by atoms with van der Waals surface area (Å²) in [5.74, 6) is 0.125. The molecule has 0 saturated heterocycles. The van der Waals surface area contributed by atoms with Gasteiger partial charge in [0.25, 0.3) is 0 Å². The minimum absolute atomic E-state index is 0.0417. The molecule has 0 unspecified atom stereocenters. The maximum absolute atomic E-state index is 5.14. The minimum atomic E-state index is 0.0417. The highest BCUT2D eigenvalue weighted by Gasteiger charge is 1.93. The fourth-order valence-electron chi connectivity index (χ4n) is 0.427. The number of hydrogen-bond donors (Lipinski definition) is 4. The topological polar surface area (TPSA) is 143 Å². The molecule has 0 bridgehead atoms. The Labute approximate surface area is 63.8 Å². The summed E-state index contributed by atoms with van der Waals surface area (Å²) < 4.78 is 0. The molecule has 11 heavy (non-hydrogen) atoms. The Hall–Kier alpha value is -1.63. The monoisotopic (exact) mass is 157 g/mol. The average molecular weight is 157 g/mol. The maximum Gasteiger partial charge on any atom is 0.226 e. The molecule has 0 aliphatic carbocycles. The molecule has 0 aromatic carbocycles. The molecule has 8 N–H and O–H groups in total. The standard InChI is InChI=1S/C3H6N6.CH5N/c4-1-7-2(5)9-3(6)8-1;1-2/h(H6,4,5,6,7,8,9);2H2,1H3. The summed E-state index contributed by atoms with van der Waals surface area (Å²) in [6.07, 6.45) is 0. The van der Waals surface area contributed by atoms with Gasteiger partial charge in [0.05, 0.1) is 0 Å². The van der Waals surface area contributed by atoms with E-state index in [1.54, 1.807) is 0 Å². The fourth-order valence-corrected chi connectivity index (χ4v) is 0.427. The molecule has 0 aliphatic heterocycles. The molecule has 0 fully saturated rings. The van der Waals surface area contributed by atoms with E-state index in [9.17, 15) is 0 Å². The van der Waals surface area contributed by atoms with Gasteiger partial charge in [-0.15, -0.1) is 0 Å². The van der Waals surface area contributed by atoms with E-state index in [4.69, 9.17) is 17.2 Å². The first-order chi connectivity index (χ1) is 5.18. The number of aromatic nitrogens is 3. The van der Waals surface area contributed by atoms with Crippen molar-refractivity contribution in [3.8, 4) is 0 Å². The van der Waals surface area contributed by atoms with Gasteiger partial charge in [-0.25, -0.2) is 0 Å². The Morgan fingerprint density at radius 1 is 0.727 bits per heavy atom. The Bertz CT molecular complexity index is 171. The molecule has 62 valence electrons. The van der Waals surface area contributed by atoms with Gasteiger partial charge in [0.2, 0.25) is 17.8 Å². The normalized spacial score (nSPS) is 8.18.